The van der Waals surface area contributed by atoms with Gasteiger partial charge in [0.25, 0.3) is 0 Å². The fraction of sp³-hybridized carbons (Fsp3) is 0.414. The molecule has 0 aliphatic carbocycles. The number of carbonyl (C=O) groups is 1. The van der Waals surface area contributed by atoms with E-state index >= 15 is 0 Å². The largest absolute Gasteiger partial charge is 0.369 e. The molecular weight excluding hydrogens is 438 g/mol. The lowest BCUT2D eigenvalue weighted by atomic mass is 9.64. The number of nitrogens with one attached hydrogen (secondary N) is 1. The van der Waals surface area contributed by atoms with Crippen LogP contribution in [0.1, 0.15) is 40.1 Å². The zero-order valence-electron chi connectivity index (χ0n) is 20.2. The number of hydrogen-bond acceptors (Lipinski definition) is 4. The average Bonchev–Trinajstić information content (AvgIpc) is 3.51. The second-order valence-corrected chi connectivity index (χ2v) is 10.6. The molecule has 1 aromatic heterocycles. The number of nitrogens with zero attached hydrogens (tertiary/aromatic N) is 1. The van der Waals surface area contributed by atoms with Crippen LogP contribution in [0.4, 0.5) is 0 Å². The van der Waals surface area contributed by atoms with Crippen molar-refractivity contribution < 1.29 is 4.79 Å². The molecule has 1 amide bonds. The van der Waals surface area contributed by atoms with E-state index in [1.54, 1.807) is 0 Å². The molecule has 3 N–H and O–H groups in total. The molecule has 1 aliphatic heterocycles. The lowest BCUT2D eigenvalue weighted by Gasteiger charge is -2.37. The maximum atomic E-state index is 13.2. The highest BCUT2D eigenvalue weighted by Crippen LogP contribution is 2.43. The van der Waals surface area contributed by atoms with Crippen LogP contribution in [0.2, 0.25) is 0 Å². The molecule has 3 aromatic rings. The van der Waals surface area contributed by atoms with Crippen molar-refractivity contribution in [3.05, 3.63) is 93.7 Å². The van der Waals surface area contributed by atoms with Gasteiger partial charge in [0, 0.05) is 16.3 Å². The number of primary amides is 1. The van der Waals surface area contributed by atoms with Crippen LogP contribution in [0.5, 0.6) is 0 Å². The van der Waals surface area contributed by atoms with E-state index in [2.05, 4.69) is 46.6 Å². The molecule has 4 nitrogen and oxygen atoms in total. The topological polar surface area (TPSA) is 58.4 Å². The number of benzene rings is 2. The van der Waals surface area contributed by atoms with Crippen LogP contribution >= 0.6 is 11.3 Å². The number of thiophene rings is 1. The maximum absolute atomic E-state index is 13.2. The number of likely N-dealkylation sites (tertiary alicyclic amines) is 1. The molecule has 4 rings (SSSR count). The Hall–Kier alpha value is -2.47. The molecule has 180 valence electrons. The third-order valence-electron chi connectivity index (χ3n) is 7.20. The van der Waals surface area contributed by atoms with Gasteiger partial charge in [0.1, 0.15) is 5.41 Å². The summed E-state index contributed by atoms with van der Waals surface area (Å²) >= 11 is 1.96. The number of carbonyl (C=O) groups excluding carboxylic acids is 1. The van der Waals surface area contributed by atoms with Crippen LogP contribution < -0.4 is 11.1 Å². The summed E-state index contributed by atoms with van der Waals surface area (Å²) in [7, 11) is 2.01. The highest BCUT2D eigenvalue weighted by atomic mass is 32.1. The Labute approximate surface area is 208 Å². The molecule has 1 saturated heterocycles. The first-order valence-corrected chi connectivity index (χ1v) is 13.3. The van der Waals surface area contributed by atoms with Crippen molar-refractivity contribution in [1.29, 1.82) is 0 Å². The first-order chi connectivity index (χ1) is 16.6. The monoisotopic (exact) mass is 475 g/mol. The summed E-state index contributed by atoms with van der Waals surface area (Å²) in [5, 5.41) is 3.22. The number of nitrogens with two attached hydrogens (primary N) is 1. The predicted molar refractivity (Wildman–Crippen MR) is 142 cm³/mol. The Kier molecular flexibility index (Phi) is 8.54. The minimum absolute atomic E-state index is 0.162. The second-order valence-electron chi connectivity index (χ2n) is 9.37. The van der Waals surface area contributed by atoms with Gasteiger partial charge >= 0.3 is 0 Å². The molecule has 0 radical (unpaired) electrons. The third-order valence-corrected chi connectivity index (χ3v) is 8.40. The molecule has 2 aromatic carbocycles. The summed E-state index contributed by atoms with van der Waals surface area (Å²) in [6.07, 6.45) is 5.59. The van der Waals surface area contributed by atoms with E-state index in [1.165, 1.54) is 16.2 Å². The molecule has 0 unspecified atom stereocenters. The van der Waals surface area contributed by atoms with Gasteiger partial charge in [-0.05, 0) is 88.0 Å². The van der Waals surface area contributed by atoms with Crippen molar-refractivity contribution in [3.63, 3.8) is 0 Å². The van der Waals surface area contributed by atoms with E-state index in [0.717, 1.165) is 63.0 Å². The van der Waals surface area contributed by atoms with E-state index < -0.39 is 5.41 Å². The summed E-state index contributed by atoms with van der Waals surface area (Å²) in [4.78, 5) is 18.7. The highest BCUT2D eigenvalue weighted by molar-refractivity contribution is 7.11. The standard InChI is InChI=1S/C29H37N3OS/c1-31-19-8-14-26-16-17-27(34-26)15-9-20-32-21-18-25(22-32)29(28(30)33,23-10-4-2-5-11-23)24-12-6-3-7-13-24/h2-7,10-13,16-17,25,31H,8-9,14-15,18-22H2,1H3,(H2,30,33)/t25-/m1/s1. The van der Waals surface area contributed by atoms with E-state index in [1.807, 2.05) is 54.8 Å². The summed E-state index contributed by atoms with van der Waals surface area (Å²) < 4.78 is 0. The predicted octanol–water partition coefficient (Wildman–Crippen LogP) is 4.63. The number of aryl methyl sites for hydroxylation is 2. The van der Waals surface area contributed by atoms with Gasteiger partial charge in [-0.15, -0.1) is 11.3 Å². The average molecular weight is 476 g/mol. The SMILES string of the molecule is CNCCCc1ccc(CCCN2CC[C@@H](C(C(N)=O)(c3ccccc3)c3ccccc3)C2)s1. The van der Waals surface area contributed by atoms with Crippen LogP contribution in [-0.2, 0) is 23.1 Å². The molecule has 0 bridgehead atoms. The van der Waals surface area contributed by atoms with E-state index in [9.17, 15) is 4.79 Å². The van der Waals surface area contributed by atoms with Crippen LogP contribution in [0.15, 0.2) is 72.8 Å². The van der Waals surface area contributed by atoms with E-state index in [-0.39, 0.29) is 11.8 Å². The number of rotatable bonds is 12. The lowest BCUT2D eigenvalue weighted by molar-refractivity contribution is -0.123. The Bertz CT molecular complexity index is 994. The molecule has 0 spiro atoms. The van der Waals surface area contributed by atoms with Gasteiger partial charge in [-0.2, -0.15) is 0 Å². The van der Waals surface area contributed by atoms with Gasteiger partial charge in [-0.1, -0.05) is 60.7 Å². The molecule has 2 heterocycles. The first kappa shape index (κ1) is 24.6. The van der Waals surface area contributed by atoms with Gasteiger partial charge < -0.3 is 16.0 Å². The van der Waals surface area contributed by atoms with Crippen molar-refractivity contribution >= 4 is 17.2 Å². The zero-order valence-corrected chi connectivity index (χ0v) is 21.0. The Balaban J connectivity index is 1.42. The van der Waals surface area contributed by atoms with Gasteiger partial charge in [0.05, 0.1) is 0 Å². The van der Waals surface area contributed by atoms with Gasteiger partial charge in [-0.3, -0.25) is 4.79 Å². The molecule has 1 fully saturated rings. The third kappa shape index (κ3) is 5.43. The van der Waals surface area contributed by atoms with Gasteiger partial charge in [-0.25, -0.2) is 0 Å². The fourth-order valence-corrected chi connectivity index (χ4v) is 6.62. The molecule has 1 atom stereocenters. The van der Waals surface area contributed by atoms with Crippen LogP contribution in [-0.4, -0.2) is 44.0 Å². The van der Waals surface area contributed by atoms with Crippen molar-refractivity contribution in [3.8, 4) is 0 Å². The van der Waals surface area contributed by atoms with Crippen molar-refractivity contribution in [1.82, 2.24) is 10.2 Å². The number of amides is 1. The quantitative estimate of drug-likeness (QED) is 0.376. The van der Waals surface area contributed by atoms with Crippen LogP contribution in [0, 0.1) is 5.92 Å². The zero-order chi connectivity index (χ0) is 23.8. The van der Waals surface area contributed by atoms with Crippen molar-refractivity contribution in [2.75, 3.05) is 33.2 Å². The van der Waals surface area contributed by atoms with Crippen molar-refractivity contribution in [2.45, 2.75) is 37.5 Å². The second kappa shape index (κ2) is 11.8. The Morgan fingerprint density at radius 1 is 0.971 bits per heavy atom. The molecular formula is C29H37N3OS. The minimum atomic E-state index is -0.798. The molecule has 34 heavy (non-hydrogen) atoms. The summed E-state index contributed by atoms with van der Waals surface area (Å²) in [5.41, 5.74) is 7.43. The van der Waals surface area contributed by atoms with Gasteiger partial charge in [0.2, 0.25) is 5.91 Å². The van der Waals surface area contributed by atoms with E-state index in [0.29, 0.717) is 0 Å². The fourth-order valence-electron chi connectivity index (χ4n) is 5.52. The maximum Gasteiger partial charge on any atom is 0.232 e. The van der Waals surface area contributed by atoms with Crippen molar-refractivity contribution in [2.24, 2.45) is 11.7 Å². The number of hydrogen-bond donors (Lipinski definition) is 2. The molecule has 5 heteroatoms. The van der Waals surface area contributed by atoms with Crippen LogP contribution in [0.25, 0.3) is 0 Å². The smallest absolute Gasteiger partial charge is 0.232 e. The summed E-state index contributed by atoms with van der Waals surface area (Å²) in [5.74, 6) is -0.0866. The highest BCUT2D eigenvalue weighted by Gasteiger charge is 2.49. The summed E-state index contributed by atoms with van der Waals surface area (Å²) in [6, 6.07) is 24.9. The van der Waals surface area contributed by atoms with E-state index in [4.69, 9.17) is 5.73 Å². The first-order valence-electron chi connectivity index (χ1n) is 12.5. The summed E-state index contributed by atoms with van der Waals surface area (Å²) in [6.45, 7) is 4.04. The Morgan fingerprint density at radius 3 is 2.12 bits per heavy atom. The normalized spacial score (nSPS) is 16.7. The molecule has 0 saturated carbocycles. The minimum Gasteiger partial charge on any atom is -0.369 e. The lowest BCUT2D eigenvalue weighted by Crippen LogP contribution is -2.49. The van der Waals surface area contributed by atoms with Crippen LogP contribution in [0.3, 0.4) is 0 Å². The van der Waals surface area contributed by atoms with Gasteiger partial charge in [0.15, 0.2) is 0 Å². The molecule has 1 aliphatic rings. The Morgan fingerprint density at radius 2 is 1.56 bits per heavy atom.